The summed E-state index contributed by atoms with van der Waals surface area (Å²) in [5, 5.41) is 3.05. The maximum atomic E-state index is 11.8. The van der Waals surface area contributed by atoms with E-state index in [9.17, 15) is 9.59 Å². The molecule has 0 aliphatic carbocycles. The lowest BCUT2D eigenvalue weighted by Crippen LogP contribution is -2.48. The zero-order valence-corrected chi connectivity index (χ0v) is 13.6. The lowest BCUT2D eigenvalue weighted by atomic mass is 10.1. The molecule has 7 heteroatoms. The molecule has 0 bridgehead atoms. The number of amides is 2. The van der Waals surface area contributed by atoms with E-state index in [1.807, 2.05) is 30.3 Å². The highest BCUT2D eigenvalue weighted by Crippen LogP contribution is 2.08. The number of halogens is 1. The number of rotatable bonds is 3. The molecule has 0 heterocycles. The number of benzene rings is 2. The van der Waals surface area contributed by atoms with Crippen molar-refractivity contribution in [2.24, 2.45) is 0 Å². The van der Waals surface area contributed by atoms with E-state index in [0.29, 0.717) is 10.6 Å². The summed E-state index contributed by atoms with van der Waals surface area (Å²) in [4.78, 5) is 23.7. The van der Waals surface area contributed by atoms with E-state index in [0.717, 1.165) is 5.56 Å². The lowest BCUT2D eigenvalue weighted by molar-refractivity contribution is -0.119. The maximum absolute atomic E-state index is 11.8. The third-order valence-electron chi connectivity index (χ3n) is 2.86. The van der Waals surface area contributed by atoms with E-state index in [1.54, 1.807) is 24.3 Å². The second kappa shape index (κ2) is 8.26. The summed E-state index contributed by atoms with van der Waals surface area (Å²) in [6, 6.07) is 15.6. The van der Waals surface area contributed by atoms with E-state index < -0.39 is 0 Å². The van der Waals surface area contributed by atoms with Crippen molar-refractivity contribution in [1.82, 2.24) is 16.2 Å². The lowest BCUT2D eigenvalue weighted by Gasteiger charge is -2.11. The summed E-state index contributed by atoms with van der Waals surface area (Å²) in [6.07, 6.45) is 0.202. The molecule has 0 atom stereocenters. The van der Waals surface area contributed by atoms with Gasteiger partial charge in [0.05, 0.1) is 6.42 Å². The fourth-order valence-corrected chi connectivity index (χ4v) is 2.06. The molecule has 2 aromatic carbocycles. The zero-order valence-electron chi connectivity index (χ0n) is 12.0. The summed E-state index contributed by atoms with van der Waals surface area (Å²) in [6.45, 7) is 0. The second-order valence-corrected chi connectivity index (χ2v) is 5.47. The Morgan fingerprint density at radius 2 is 1.61 bits per heavy atom. The number of thiocarbonyl (C=S) groups is 1. The predicted molar refractivity (Wildman–Crippen MR) is 92.9 cm³/mol. The van der Waals surface area contributed by atoms with Crippen LogP contribution in [-0.4, -0.2) is 16.9 Å². The Morgan fingerprint density at radius 3 is 2.26 bits per heavy atom. The maximum Gasteiger partial charge on any atom is 0.269 e. The van der Waals surface area contributed by atoms with Crippen LogP contribution in [-0.2, 0) is 11.2 Å². The van der Waals surface area contributed by atoms with Crippen molar-refractivity contribution >= 4 is 40.7 Å². The number of hydrogen-bond donors (Lipinski definition) is 3. The largest absolute Gasteiger partial charge is 0.302 e. The van der Waals surface area contributed by atoms with Gasteiger partial charge in [-0.1, -0.05) is 41.9 Å². The topological polar surface area (TPSA) is 70.2 Å². The molecule has 2 rings (SSSR count). The Balaban J connectivity index is 1.77. The molecule has 0 saturated carbocycles. The summed E-state index contributed by atoms with van der Waals surface area (Å²) >= 11 is 10.7. The van der Waals surface area contributed by atoms with Gasteiger partial charge in [0.2, 0.25) is 5.91 Å². The highest BCUT2D eigenvalue weighted by Gasteiger charge is 2.08. The van der Waals surface area contributed by atoms with Gasteiger partial charge < -0.3 is 5.32 Å². The normalized spacial score (nSPS) is 9.78. The average molecular weight is 348 g/mol. The summed E-state index contributed by atoms with van der Waals surface area (Å²) in [7, 11) is 0. The summed E-state index contributed by atoms with van der Waals surface area (Å²) in [5.41, 5.74) is 6.17. The third-order valence-corrected chi connectivity index (χ3v) is 3.31. The Bertz CT molecular complexity index is 705. The van der Waals surface area contributed by atoms with E-state index in [2.05, 4.69) is 16.2 Å². The molecule has 118 valence electrons. The van der Waals surface area contributed by atoms with Crippen molar-refractivity contribution < 1.29 is 9.59 Å². The van der Waals surface area contributed by atoms with Gasteiger partial charge in [0.25, 0.3) is 5.91 Å². The van der Waals surface area contributed by atoms with Gasteiger partial charge in [0.1, 0.15) is 0 Å². The van der Waals surface area contributed by atoms with Crippen LogP contribution in [0.5, 0.6) is 0 Å². The monoisotopic (exact) mass is 347 g/mol. The average Bonchev–Trinajstić information content (AvgIpc) is 2.54. The minimum atomic E-state index is -0.388. The van der Waals surface area contributed by atoms with Gasteiger partial charge in [0, 0.05) is 10.6 Å². The van der Waals surface area contributed by atoms with Crippen molar-refractivity contribution in [2.45, 2.75) is 6.42 Å². The molecule has 0 spiro atoms. The number of carbonyl (C=O) groups is 2. The fourth-order valence-electron chi connectivity index (χ4n) is 1.77. The molecule has 3 N–H and O–H groups in total. The molecule has 0 saturated heterocycles. The Morgan fingerprint density at radius 1 is 0.957 bits per heavy atom. The van der Waals surface area contributed by atoms with Crippen LogP contribution < -0.4 is 16.2 Å². The Kier molecular flexibility index (Phi) is 6.08. The first-order valence-corrected chi connectivity index (χ1v) is 7.53. The number of hydrogen-bond acceptors (Lipinski definition) is 3. The van der Waals surface area contributed by atoms with Crippen LogP contribution >= 0.6 is 23.8 Å². The molecule has 0 aliphatic heterocycles. The van der Waals surface area contributed by atoms with E-state index >= 15 is 0 Å². The van der Waals surface area contributed by atoms with Gasteiger partial charge in [-0.25, -0.2) is 0 Å². The zero-order chi connectivity index (χ0) is 16.7. The minimum absolute atomic E-state index is 0.0215. The van der Waals surface area contributed by atoms with Crippen LogP contribution in [0.3, 0.4) is 0 Å². The van der Waals surface area contributed by atoms with Crippen molar-refractivity contribution in [3.8, 4) is 0 Å². The number of carbonyl (C=O) groups excluding carboxylic acids is 2. The van der Waals surface area contributed by atoms with Gasteiger partial charge in [-0.3, -0.25) is 20.4 Å². The molecule has 2 amide bonds. The van der Waals surface area contributed by atoms with Crippen LogP contribution in [0.15, 0.2) is 54.6 Å². The van der Waals surface area contributed by atoms with Gasteiger partial charge >= 0.3 is 0 Å². The quantitative estimate of drug-likeness (QED) is 0.588. The van der Waals surface area contributed by atoms with Crippen molar-refractivity contribution in [3.63, 3.8) is 0 Å². The predicted octanol–water partition coefficient (Wildman–Crippen LogP) is 2.22. The van der Waals surface area contributed by atoms with Crippen LogP contribution in [0, 0.1) is 0 Å². The number of hydrazine groups is 1. The van der Waals surface area contributed by atoms with Crippen LogP contribution in [0.2, 0.25) is 5.02 Å². The van der Waals surface area contributed by atoms with E-state index in [4.69, 9.17) is 23.8 Å². The third kappa shape index (κ3) is 5.69. The molecule has 0 aromatic heterocycles. The first-order valence-electron chi connectivity index (χ1n) is 6.74. The van der Waals surface area contributed by atoms with Crippen LogP contribution in [0.1, 0.15) is 15.9 Å². The Hall–Kier alpha value is -2.44. The molecule has 2 aromatic rings. The molecule has 0 unspecified atom stereocenters. The van der Waals surface area contributed by atoms with Gasteiger partial charge in [-0.2, -0.15) is 0 Å². The van der Waals surface area contributed by atoms with Crippen LogP contribution in [0.4, 0.5) is 0 Å². The van der Waals surface area contributed by atoms with Crippen molar-refractivity contribution in [2.75, 3.05) is 0 Å². The number of nitrogens with one attached hydrogen (secondary N) is 3. The van der Waals surface area contributed by atoms with Gasteiger partial charge in [-0.05, 0) is 42.0 Å². The smallest absolute Gasteiger partial charge is 0.269 e. The Labute approximate surface area is 144 Å². The van der Waals surface area contributed by atoms with Crippen molar-refractivity contribution in [3.05, 3.63) is 70.7 Å². The molecule has 0 aliphatic rings. The molecule has 5 nitrogen and oxygen atoms in total. The fraction of sp³-hybridized carbons (Fsp3) is 0.0625. The second-order valence-electron chi connectivity index (χ2n) is 4.63. The molecule has 0 radical (unpaired) electrons. The van der Waals surface area contributed by atoms with E-state index in [1.165, 1.54) is 0 Å². The molecular formula is C16H14ClN3O2S. The molecule has 23 heavy (non-hydrogen) atoms. The molecular weight excluding hydrogens is 334 g/mol. The summed E-state index contributed by atoms with van der Waals surface area (Å²) < 4.78 is 0. The minimum Gasteiger partial charge on any atom is -0.302 e. The van der Waals surface area contributed by atoms with Gasteiger partial charge in [0.15, 0.2) is 5.11 Å². The SMILES string of the molecule is O=C(Cc1ccccc1)NC(=S)NNC(=O)c1ccc(Cl)cc1. The van der Waals surface area contributed by atoms with Gasteiger partial charge in [-0.15, -0.1) is 0 Å². The highest BCUT2D eigenvalue weighted by atomic mass is 35.5. The van der Waals surface area contributed by atoms with Crippen LogP contribution in [0.25, 0.3) is 0 Å². The standard InChI is InChI=1S/C16H14ClN3O2S/c17-13-8-6-12(7-9-13)15(22)19-20-16(23)18-14(21)10-11-4-2-1-3-5-11/h1-9H,10H2,(H,19,22)(H2,18,20,21,23). The summed E-state index contributed by atoms with van der Waals surface area (Å²) in [5.74, 6) is -0.657. The highest BCUT2D eigenvalue weighted by molar-refractivity contribution is 7.80. The molecule has 0 fully saturated rings. The first kappa shape index (κ1) is 16.9. The van der Waals surface area contributed by atoms with Crippen molar-refractivity contribution in [1.29, 1.82) is 0 Å². The van der Waals surface area contributed by atoms with E-state index in [-0.39, 0.29) is 23.3 Å². The first-order chi connectivity index (χ1) is 11.0.